The summed E-state index contributed by atoms with van der Waals surface area (Å²) in [4.78, 5) is 22.4. The highest BCUT2D eigenvalue weighted by Gasteiger charge is 2.14. The van der Waals surface area contributed by atoms with Crippen molar-refractivity contribution >= 4 is 33.5 Å². The number of hydrogen-bond acceptors (Lipinski definition) is 4. The van der Waals surface area contributed by atoms with Gasteiger partial charge in [-0.3, -0.25) is 9.59 Å². The van der Waals surface area contributed by atoms with E-state index in [0.29, 0.717) is 0 Å². The van der Waals surface area contributed by atoms with Crippen molar-refractivity contribution in [1.29, 1.82) is 0 Å². The first-order chi connectivity index (χ1) is 7.95. The second-order valence-corrected chi connectivity index (χ2v) is 3.97. The van der Waals surface area contributed by atoms with Crippen molar-refractivity contribution in [3.8, 4) is 0 Å². The topological polar surface area (TPSA) is 81.4 Å². The second-order valence-electron chi connectivity index (χ2n) is 3.11. The van der Waals surface area contributed by atoms with Crippen LogP contribution < -0.4 is 11.1 Å². The summed E-state index contributed by atoms with van der Waals surface area (Å²) in [5.41, 5.74) is 5.35. The summed E-state index contributed by atoms with van der Waals surface area (Å²) < 4.78 is 17.6. The van der Waals surface area contributed by atoms with Crippen LogP contribution in [0.1, 0.15) is 10.4 Å². The van der Waals surface area contributed by atoms with Crippen molar-refractivity contribution in [3.63, 3.8) is 0 Å². The largest absolute Gasteiger partial charge is 0.468 e. The van der Waals surface area contributed by atoms with Crippen molar-refractivity contribution < 1.29 is 18.7 Å². The smallest absolute Gasteiger partial charge is 0.325 e. The normalized spacial score (nSPS) is 9.82. The van der Waals surface area contributed by atoms with Gasteiger partial charge in [-0.25, -0.2) is 4.39 Å². The Morgan fingerprint density at radius 3 is 2.76 bits per heavy atom. The minimum Gasteiger partial charge on any atom is -0.468 e. The SMILES string of the molecule is COC(=O)CNC(=O)c1cc(N)c(F)cc1Br. The molecule has 1 amide bonds. The first kappa shape index (κ1) is 13.4. The number of nitrogens with two attached hydrogens (primary N) is 1. The van der Waals surface area contributed by atoms with Gasteiger partial charge >= 0.3 is 5.97 Å². The van der Waals surface area contributed by atoms with Crippen molar-refractivity contribution in [3.05, 3.63) is 28.0 Å². The van der Waals surface area contributed by atoms with Crippen LogP contribution in [-0.4, -0.2) is 25.5 Å². The van der Waals surface area contributed by atoms with Crippen LogP contribution in [0.3, 0.4) is 0 Å². The van der Waals surface area contributed by atoms with Crippen LogP contribution in [-0.2, 0) is 9.53 Å². The summed E-state index contributed by atoms with van der Waals surface area (Å²) in [5.74, 6) is -1.75. The van der Waals surface area contributed by atoms with Gasteiger partial charge in [0.15, 0.2) is 0 Å². The van der Waals surface area contributed by atoms with Gasteiger partial charge in [0.25, 0.3) is 5.91 Å². The Morgan fingerprint density at radius 2 is 2.18 bits per heavy atom. The molecule has 1 aromatic carbocycles. The third-order valence-corrected chi connectivity index (χ3v) is 2.61. The summed E-state index contributed by atoms with van der Waals surface area (Å²) in [7, 11) is 1.21. The highest BCUT2D eigenvalue weighted by atomic mass is 79.9. The monoisotopic (exact) mass is 304 g/mol. The summed E-state index contributed by atoms with van der Waals surface area (Å²) in [6.45, 7) is -0.265. The molecule has 0 bridgehead atoms. The van der Waals surface area contributed by atoms with Crippen LogP contribution in [0, 0.1) is 5.82 Å². The third kappa shape index (κ3) is 3.42. The molecule has 0 saturated carbocycles. The fourth-order valence-corrected chi connectivity index (χ4v) is 1.56. The Kier molecular flexibility index (Phi) is 4.45. The van der Waals surface area contributed by atoms with Crippen LogP contribution in [0.4, 0.5) is 10.1 Å². The van der Waals surface area contributed by atoms with Gasteiger partial charge < -0.3 is 15.8 Å². The Balaban J connectivity index is 2.82. The van der Waals surface area contributed by atoms with E-state index in [1.54, 1.807) is 0 Å². The third-order valence-electron chi connectivity index (χ3n) is 1.95. The Labute approximate surface area is 105 Å². The van der Waals surface area contributed by atoms with Gasteiger partial charge in [-0.1, -0.05) is 0 Å². The number of nitrogen functional groups attached to an aromatic ring is 1. The Morgan fingerprint density at radius 1 is 1.53 bits per heavy atom. The molecule has 5 nitrogen and oxygen atoms in total. The number of halogens is 2. The number of esters is 1. The molecule has 3 N–H and O–H groups in total. The van der Waals surface area contributed by atoms with Crippen molar-refractivity contribution in [2.75, 3.05) is 19.4 Å². The number of anilines is 1. The number of ether oxygens (including phenoxy) is 1. The number of amides is 1. The molecule has 0 aliphatic carbocycles. The fourth-order valence-electron chi connectivity index (χ4n) is 1.06. The zero-order valence-corrected chi connectivity index (χ0v) is 10.5. The minimum absolute atomic E-state index is 0.142. The van der Waals surface area contributed by atoms with Gasteiger partial charge in [0.2, 0.25) is 0 Å². The fraction of sp³-hybridized carbons (Fsp3) is 0.200. The van der Waals surface area contributed by atoms with Gasteiger partial charge in [0.05, 0.1) is 18.4 Å². The molecule has 1 rings (SSSR count). The number of nitrogens with one attached hydrogen (secondary N) is 1. The number of carbonyl (C=O) groups excluding carboxylic acids is 2. The number of rotatable bonds is 3. The summed E-state index contributed by atoms with van der Waals surface area (Å²) >= 11 is 3.03. The van der Waals surface area contributed by atoms with Crippen LogP contribution in [0.15, 0.2) is 16.6 Å². The zero-order valence-electron chi connectivity index (χ0n) is 8.92. The average Bonchev–Trinajstić information content (AvgIpc) is 2.30. The average molecular weight is 305 g/mol. The van der Waals surface area contributed by atoms with E-state index in [0.717, 1.165) is 6.07 Å². The van der Waals surface area contributed by atoms with Crippen molar-refractivity contribution in [2.45, 2.75) is 0 Å². The van der Waals surface area contributed by atoms with E-state index in [9.17, 15) is 14.0 Å². The van der Waals surface area contributed by atoms with E-state index in [4.69, 9.17) is 5.73 Å². The number of carbonyl (C=O) groups is 2. The first-order valence-electron chi connectivity index (χ1n) is 4.55. The summed E-state index contributed by atoms with van der Waals surface area (Å²) in [6.07, 6.45) is 0. The molecule has 7 heteroatoms. The standard InChI is InChI=1S/C10H10BrFN2O3/c1-17-9(15)4-14-10(16)5-2-8(13)7(12)3-6(5)11/h2-3H,4,13H2,1H3,(H,14,16). The molecule has 0 aliphatic rings. The lowest BCUT2D eigenvalue weighted by Gasteiger charge is -2.07. The van der Waals surface area contributed by atoms with Gasteiger partial charge in [-0.05, 0) is 28.1 Å². The second kappa shape index (κ2) is 5.62. The maximum atomic E-state index is 13.0. The molecular weight excluding hydrogens is 295 g/mol. The zero-order chi connectivity index (χ0) is 13.0. The molecule has 0 radical (unpaired) electrons. The quantitative estimate of drug-likeness (QED) is 0.646. The van der Waals surface area contributed by atoms with E-state index in [1.807, 2.05) is 0 Å². The van der Waals surface area contributed by atoms with Gasteiger partial charge in [0.1, 0.15) is 12.4 Å². The molecule has 0 fully saturated rings. The Hall–Kier alpha value is -1.63. The Bertz CT molecular complexity index is 465. The number of benzene rings is 1. The van der Waals surface area contributed by atoms with Gasteiger partial charge in [0, 0.05) is 4.47 Å². The maximum absolute atomic E-state index is 13.0. The van der Waals surface area contributed by atoms with E-state index in [2.05, 4.69) is 26.0 Å². The van der Waals surface area contributed by atoms with Gasteiger partial charge in [-0.15, -0.1) is 0 Å². The van der Waals surface area contributed by atoms with E-state index < -0.39 is 17.7 Å². The van der Waals surface area contributed by atoms with E-state index in [-0.39, 0.29) is 22.3 Å². The van der Waals surface area contributed by atoms with Crippen molar-refractivity contribution in [2.24, 2.45) is 0 Å². The molecule has 1 aromatic rings. The van der Waals surface area contributed by atoms with Crippen LogP contribution in [0.25, 0.3) is 0 Å². The number of hydrogen-bond donors (Lipinski definition) is 2. The predicted molar refractivity (Wildman–Crippen MR) is 62.9 cm³/mol. The number of methoxy groups -OCH3 is 1. The predicted octanol–water partition coefficient (Wildman–Crippen LogP) is 1.07. The highest BCUT2D eigenvalue weighted by Crippen LogP contribution is 2.22. The molecule has 17 heavy (non-hydrogen) atoms. The molecular formula is C10H10BrFN2O3. The lowest BCUT2D eigenvalue weighted by atomic mass is 10.2. The maximum Gasteiger partial charge on any atom is 0.325 e. The van der Waals surface area contributed by atoms with Crippen LogP contribution in [0.5, 0.6) is 0 Å². The molecule has 92 valence electrons. The molecule has 0 atom stereocenters. The van der Waals surface area contributed by atoms with Crippen molar-refractivity contribution in [1.82, 2.24) is 5.32 Å². The van der Waals surface area contributed by atoms with Crippen LogP contribution in [0.2, 0.25) is 0 Å². The summed E-state index contributed by atoms with van der Waals surface area (Å²) in [6, 6.07) is 2.27. The van der Waals surface area contributed by atoms with Crippen LogP contribution >= 0.6 is 15.9 Å². The molecule has 0 unspecified atom stereocenters. The molecule has 0 saturated heterocycles. The molecule has 0 heterocycles. The van der Waals surface area contributed by atoms with E-state index >= 15 is 0 Å². The van der Waals surface area contributed by atoms with Gasteiger partial charge in [-0.2, -0.15) is 0 Å². The lowest BCUT2D eigenvalue weighted by Crippen LogP contribution is -2.30. The first-order valence-corrected chi connectivity index (χ1v) is 5.34. The van der Waals surface area contributed by atoms with E-state index in [1.165, 1.54) is 13.2 Å². The summed E-state index contributed by atoms with van der Waals surface area (Å²) in [5, 5.41) is 2.32. The highest BCUT2D eigenvalue weighted by molar-refractivity contribution is 9.10. The molecule has 0 spiro atoms. The molecule has 0 aliphatic heterocycles. The lowest BCUT2D eigenvalue weighted by molar-refractivity contribution is -0.139. The minimum atomic E-state index is -0.624. The molecule has 0 aromatic heterocycles.